The Labute approximate surface area is 110 Å². The van der Waals surface area contributed by atoms with Crippen LogP contribution in [0.1, 0.15) is 28.2 Å². The molecule has 0 aliphatic carbocycles. The van der Waals surface area contributed by atoms with Crippen molar-refractivity contribution < 1.29 is 9.18 Å². The van der Waals surface area contributed by atoms with Gasteiger partial charge in [0.2, 0.25) is 0 Å². The standard InChI is InChI=1S/C14H14FNOS/c1-10(11-5-7-12(15)8-6-11)16(2)14(17)13-4-3-9-18-13/h3-10H,1-2H3. The van der Waals surface area contributed by atoms with E-state index in [9.17, 15) is 9.18 Å². The molecule has 0 aliphatic heterocycles. The third kappa shape index (κ3) is 2.59. The molecule has 0 bridgehead atoms. The van der Waals surface area contributed by atoms with E-state index in [0.29, 0.717) is 4.88 Å². The first-order chi connectivity index (χ1) is 8.59. The zero-order chi connectivity index (χ0) is 13.1. The molecule has 4 heteroatoms. The average molecular weight is 263 g/mol. The molecule has 0 radical (unpaired) electrons. The van der Waals surface area contributed by atoms with E-state index in [1.54, 1.807) is 30.1 Å². The van der Waals surface area contributed by atoms with Crippen LogP contribution in [0.2, 0.25) is 0 Å². The molecule has 94 valence electrons. The second-order valence-electron chi connectivity index (χ2n) is 4.12. The summed E-state index contributed by atoms with van der Waals surface area (Å²) in [7, 11) is 1.76. The highest BCUT2D eigenvalue weighted by Gasteiger charge is 2.19. The topological polar surface area (TPSA) is 20.3 Å². The van der Waals surface area contributed by atoms with Crippen molar-refractivity contribution in [3.8, 4) is 0 Å². The van der Waals surface area contributed by atoms with Crippen LogP contribution in [-0.2, 0) is 0 Å². The van der Waals surface area contributed by atoms with E-state index in [-0.39, 0.29) is 17.8 Å². The summed E-state index contributed by atoms with van der Waals surface area (Å²) >= 11 is 1.42. The van der Waals surface area contributed by atoms with Crippen molar-refractivity contribution in [1.29, 1.82) is 0 Å². The quantitative estimate of drug-likeness (QED) is 0.826. The number of nitrogens with zero attached hydrogens (tertiary/aromatic N) is 1. The number of halogens is 1. The number of hydrogen-bond donors (Lipinski definition) is 0. The van der Waals surface area contributed by atoms with Crippen molar-refractivity contribution in [1.82, 2.24) is 4.90 Å². The summed E-state index contributed by atoms with van der Waals surface area (Å²) in [5.41, 5.74) is 0.920. The van der Waals surface area contributed by atoms with Crippen molar-refractivity contribution in [3.05, 3.63) is 58.0 Å². The van der Waals surface area contributed by atoms with Crippen molar-refractivity contribution in [3.63, 3.8) is 0 Å². The van der Waals surface area contributed by atoms with Crippen molar-refractivity contribution in [2.75, 3.05) is 7.05 Å². The molecule has 0 saturated carbocycles. The molecule has 1 atom stereocenters. The van der Waals surface area contributed by atoms with Crippen molar-refractivity contribution >= 4 is 17.2 Å². The summed E-state index contributed by atoms with van der Waals surface area (Å²) in [6.45, 7) is 1.93. The molecule has 1 heterocycles. The van der Waals surface area contributed by atoms with Gasteiger partial charge in [0.15, 0.2) is 0 Å². The van der Waals surface area contributed by atoms with Crippen LogP contribution >= 0.6 is 11.3 Å². The molecule has 18 heavy (non-hydrogen) atoms. The van der Waals surface area contributed by atoms with Crippen LogP contribution in [0.3, 0.4) is 0 Å². The van der Waals surface area contributed by atoms with E-state index < -0.39 is 0 Å². The summed E-state index contributed by atoms with van der Waals surface area (Å²) in [6, 6.07) is 9.82. The Hall–Kier alpha value is -1.68. The van der Waals surface area contributed by atoms with E-state index in [1.807, 2.05) is 18.4 Å². The molecular formula is C14H14FNOS. The highest BCUT2D eigenvalue weighted by molar-refractivity contribution is 7.12. The molecule has 1 amide bonds. The first kappa shape index (κ1) is 12.8. The first-order valence-corrected chi connectivity index (χ1v) is 6.53. The van der Waals surface area contributed by atoms with Gasteiger partial charge in [0.25, 0.3) is 5.91 Å². The molecule has 0 spiro atoms. The van der Waals surface area contributed by atoms with Crippen LogP contribution < -0.4 is 0 Å². The van der Waals surface area contributed by atoms with Gasteiger partial charge in [-0.2, -0.15) is 0 Å². The van der Waals surface area contributed by atoms with Gasteiger partial charge in [-0.25, -0.2) is 4.39 Å². The Morgan fingerprint density at radius 1 is 1.28 bits per heavy atom. The number of carbonyl (C=O) groups excluding carboxylic acids is 1. The van der Waals surface area contributed by atoms with Crippen molar-refractivity contribution in [2.24, 2.45) is 0 Å². The van der Waals surface area contributed by atoms with Gasteiger partial charge < -0.3 is 4.90 Å². The Kier molecular flexibility index (Phi) is 3.77. The van der Waals surface area contributed by atoms with E-state index in [0.717, 1.165) is 5.56 Å². The summed E-state index contributed by atoms with van der Waals surface area (Å²) < 4.78 is 12.9. The van der Waals surface area contributed by atoms with E-state index in [4.69, 9.17) is 0 Å². The van der Waals surface area contributed by atoms with Crippen LogP contribution in [-0.4, -0.2) is 17.9 Å². The Bertz CT molecular complexity index is 521. The van der Waals surface area contributed by atoms with Crippen LogP contribution in [0.5, 0.6) is 0 Å². The van der Waals surface area contributed by atoms with Crippen LogP contribution in [0.4, 0.5) is 4.39 Å². The lowest BCUT2D eigenvalue weighted by atomic mass is 10.1. The van der Waals surface area contributed by atoms with Crippen LogP contribution in [0.15, 0.2) is 41.8 Å². The zero-order valence-electron chi connectivity index (χ0n) is 10.3. The summed E-state index contributed by atoms with van der Waals surface area (Å²) in [6.07, 6.45) is 0. The second-order valence-corrected chi connectivity index (χ2v) is 5.07. The molecule has 0 aliphatic rings. The SMILES string of the molecule is CC(c1ccc(F)cc1)N(C)C(=O)c1cccs1. The normalized spacial score (nSPS) is 12.2. The molecule has 0 saturated heterocycles. The monoisotopic (exact) mass is 263 g/mol. The fraction of sp³-hybridized carbons (Fsp3) is 0.214. The average Bonchev–Trinajstić information content (AvgIpc) is 2.91. The van der Waals surface area contributed by atoms with E-state index in [1.165, 1.54) is 23.5 Å². The van der Waals surface area contributed by atoms with Gasteiger partial charge in [0.05, 0.1) is 10.9 Å². The lowest BCUT2D eigenvalue weighted by Gasteiger charge is -2.24. The Balaban J connectivity index is 2.16. The van der Waals surface area contributed by atoms with Gasteiger partial charge in [-0.15, -0.1) is 11.3 Å². The lowest BCUT2D eigenvalue weighted by Crippen LogP contribution is -2.29. The molecule has 0 N–H and O–H groups in total. The van der Waals surface area contributed by atoms with Gasteiger partial charge in [0, 0.05) is 7.05 Å². The number of carbonyl (C=O) groups is 1. The maximum absolute atomic E-state index is 12.9. The summed E-state index contributed by atoms with van der Waals surface area (Å²) in [5, 5.41) is 1.88. The molecule has 1 aromatic heterocycles. The van der Waals surface area contributed by atoms with Crippen molar-refractivity contribution in [2.45, 2.75) is 13.0 Å². The maximum Gasteiger partial charge on any atom is 0.264 e. The molecule has 2 aromatic rings. The summed E-state index contributed by atoms with van der Waals surface area (Å²) in [5.74, 6) is -0.278. The second kappa shape index (κ2) is 5.31. The zero-order valence-corrected chi connectivity index (χ0v) is 11.1. The third-order valence-electron chi connectivity index (χ3n) is 2.99. The number of hydrogen-bond acceptors (Lipinski definition) is 2. The number of thiophene rings is 1. The fourth-order valence-electron chi connectivity index (χ4n) is 1.71. The lowest BCUT2D eigenvalue weighted by molar-refractivity contribution is 0.0747. The molecular weight excluding hydrogens is 249 g/mol. The van der Waals surface area contributed by atoms with Gasteiger partial charge in [-0.3, -0.25) is 4.79 Å². The Morgan fingerprint density at radius 3 is 2.50 bits per heavy atom. The number of benzene rings is 1. The fourth-order valence-corrected chi connectivity index (χ4v) is 2.42. The first-order valence-electron chi connectivity index (χ1n) is 5.65. The van der Waals surface area contributed by atoms with Gasteiger partial charge in [0.1, 0.15) is 5.82 Å². The van der Waals surface area contributed by atoms with Crippen LogP contribution in [0.25, 0.3) is 0 Å². The third-order valence-corrected chi connectivity index (χ3v) is 3.84. The molecule has 2 rings (SSSR count). The molecule has 1 aromatic carbocycles. The van der Waals surface area contributed by atoms with Crippen LogP contribution in [0, 0.1) is 5.82 Å². The predicted octanol–water partition coefficient (Wildman–Crippen LogP) is 3.72. The summed E-state index contributed by atoms with van der Waals surface area (Å²) in [4.78, 5) is 14.5. The van der Waals surface area contributed by atoms with Gasteiger partial charge in [-0.1, -0.05) is 18.2 Å². The molecule has 0 fully saturated rings. The van der Waals surface area contributed by atoms with Gasteiger partial charge >= 0.3 is 0 Å². The van der Waals surface area contributed by atoms with E-state index >= 15 is 0 Å². The highest BCUT2D eigenvalue weighted by Crippen LogP contribution is 2.22. The van der Waals surface area contributed by atoms with E-state index in [2.05, 4.69) is 0 Å². The van der Waals surface area contributed by atoms with Gasteiger partial charge in [-0.05, 0) is 36.1 Å². The molecule has 1 unspecified atom stereocenters. The minimum absolute atomic E-state index is 0.0122. The predicted molar refractivity (Wildman–Crippen MR) is 71.2 cm³/mol. The minimum atomic E-state index is -0.266. The Morgan fingerprint density at radius 2 is 1.94 bits per heavy atom. The number of rotatable bonds is 3. The number of amides is 1. The maximum atomic E-state index is 12.9. The highest BCUT2D eigenvalue weighted by atomic mass is 32.1. The molecule has 2 nitrogen and oxygen atoms in total. The smallest absolute Gasteiger partial charge is 0.264 e. The largest absolute Gasteiger partial charge is 0.334 e. The minimum Gasteiger partial charge on any atom is -0.334 e.